The average Bonchev–Trinajstić information content (AvgIpc) is 2.49. The fourth-order valence-electron chi connectivity index (χ4n) is 2.20. The van der Waals surface area contributed by atoms with Crippen molar-refractivity contribution in [3.05, 3.63) is 52.5 Å². The summed E-state index contributed by atoms with van der Waals surface area (Å²) in [6.07, 6.45) is -1.18. The summed E-state index contributed by atoms with van der Waals surface area (Å²) < 4.78 is 11.4. The van der Waals surface area contributed by atoms with E-state index in [1.807, 2.05) is 12.1 Å². The lowest BCUT2D eigenvalue weighted by molar-refractivity contribution is -0.128. The molecular formula is C16H13Cl2NO3. The molecule has 0 saturated carbocycles. The zero-order chi connectivity index (χ0) is 15.7. The molecule has 2 unspecified atom stereocenters. The molecule has 0 bridgehead atoms. The van der Waals surface area contributed by atoms with Gasteiger partial charge in [-0.15, -0.1) is 0 Å². The molecule has 22 heavy (non-hydrogen) atoms. The smallest absolute Gasteiger partial charge is 0.269 e. The Morgan fingerprint density at radius 1 is 1.09 bits per heavy atom. The number of nitrogens with one attached hydrogen (secondary N) is 1. The van der Waals surface area contributed by atoms with Gasteiger partial charge in [-0.3, -0.25) is 4.79 Å². The molecule has 0 fully saturated rings. The summed E-state index contributed by atoms with van der Waals surface area (Å²) in [5.74, 6) is 0.845. The minimum Gasteiger partial charge on any atom is -0.482 e. The van der Waals surface area contributed by atoms with Crippen molar-refractivity contribution in [2.45, 2.75) is 19.1 Å². The number of hydrogen-bond acceptors (Lipinski definition) is 3. The highest BCUT2D eigenvalue weighted by atomic mass is 35.5. The second-order valence-electron chi connectivity index (χ2n) is 4.92. The van der Waals surface area contributed by atoms with E-state index in [9.17, 15) is 4.79 Å². The molecule has 1 amide bonds. The first-order chi connectivity index (χ1) is 10.5. The zero-order valence-electron chi connectivity index (χ0n) is 11.7. The van der Waals surface area contributed by atoms with Gasteiger partial charge in [0.25, 0.3) is 5.91 Å². The first-order valence-electron chi connectivity index (χ1n) is 6.73. The monoisotopic (exact) mass is 337 g/mol. The maximum Gasteiger partial charge on any atom is 0.269 e. The second-order valence-corrected chi connectivity index (χ2v) is 5.77. The van der Waals surface area contributed by atoms with E-state index >= 15 is 0 Å². The molecule has 0 aliphatic carbocycles. The van der Waals surface area contributed by atoms with Crippen LogP contribution in [0.15, 0.2) is 42.5 Å². The Balaban J connectivity index is 1.78. The van der Waals surface area contributed by atoms with E-state index in [1.54, 1.807) is 37.3 Å². The van der Waals surface area contributed by atoms with Gasteiger partial charge in [0.2, 0.25) is 6.10 Å². The highest BCUT2D eigenvalue weighted by Gasteiger charge is 2.34. The van der Waals surface area contributed by atoms with Crippen LogP contribution >= 0.6 is 23.2 Å². The van der Waals surface area contributed by atoms with E-state index in [-0.39, 0.29) is 5.91 Å². The van der Waals surface area contributed by atoms with Crippen molar-refractivity contribution in [3.8, 4) is 11.5 Å². The number of amides is 1. The molecule has 0 aromatic heterocycles. The van der Waals surface area contributed by atoms with Crippen LogP contribution in [0.4, 0.5) is 5.69 Å². The van der Waals surface area contributed by atoms with Crippen LogP contribution in [0.5, 0.6) is 11.5 Å². The molecule has 0 spiro atoms. The maximum absolute atomic E-state index is 12.4. The van der Waals surface area contributed by atoms with Gasteiger partial charge in [-0.2, -0.15) is 0 Å². The molecule has 114 valence electrons. The number of carbonyl (C=O) groups excluding carboxylic acids is 1. The van der Waals surface area contributed by atoms with Gasteiger partial charge in [-0.25, -0.2) is 0 Å². The Hall–Kier alpha value is -1.91. The van der Waals surface area contributed by atoms with Gasteiger partial charge in [-0.05, 0) is 37.3 Å². The van der Waals surface area contributed by atoms with Gasteiger partial charge < -0.3 is 14.8 Å². The highest BCUT2D eigenvalue weighted by Crippen LogP contribution is 2.34. The van der Waals surface area contributed by atoms with Crippen LogP contribution in [0.2, 0.25) is 10.0 Å². The number of carbonyl (C=O) groups is 1. The Morgan fingerprint density at radius 2 is 1.77 bits per heavy atom. The lowest BCUT2D eigenvalue weighted by atomic mass is 10.1. The molecule has 0 saturated heterocycles. The van der Waals surface area contributed by atoms with Crippen LogP contribution in [0.3, 0.4) is 0 Å². The van der Waals surface area contributed by atoms with Gasteiger partial charge in [0.15, 0.2) is 11.5 Å². The standard InChI is InChI=1S/C16H13Cl2NO3/c1-9-15(22-14-5-3-2-4-13(14)21-9)16(20)19-12-7-6-10(17)8-11(12)18/h2-9,15H,1H3,(H,19,20). The fraction of sp³-hybridized carbons (Fsp3) is 0.188. The predicted octanol–water partition coefficient (Wildman–Crippen LogP) is 4.16. The van der Waals surface area contributed by atoms with Crippen molar-refractivity contribution in [1.82, 2.24) is 0 Å². The number of benzene rings is 2. The third-order valence-corrected chi connectivity index (χ3v) is 3.84. The van der Waals surface area contributed by atoms with E-state index in [1.165, 1.54) is 0 Å². The quantitative estimate of drug-likeness (QED) is 0.894. The molecule has 2 atom stereocenters. The van der Waals surface area contributed by atoms with Crippen LogP contribution in [-0.4, -0.2) is 18.1 Å². The van der Waals surface area contributed by atoms with Gasteiger partial charge >= 0.3 is 0 Å². The number of rotatable bonds is 2. The van der Waals surface area contributed by atoms with Crippen LogP contribution in [0.1, 0.15) is 6.92 Å². The maximum atomic E-state index is 12.4. The average molecular weight is 338 g/mol. The van der Waals surface area contributed by atoms with Crippen molar-refractivity contribution in [3.63, 3.8) is 0 Å². The molecular weight excluding hydrogens is 325 g/mol. The number of halogens is 2. The lowest BCUT2D eigenvalue weighted by Gasteiger charge is -2.31. The molecule has 6 heteroatoms. The van der Waals surface area contributed by atoms with Gasteiger partial charge in [0, 0.05) is 5.02 Å². The van der Waals surface area contributed by atoms with Crippen molar-refractivity contribution in [1.29, 1.82) is 0 Å². The van der Waals surface area contributed by atoms with Crippen LogP contribution < -0.4 is 14.8 Å². The molecule has 1 aliphatic rings. The number of fused-ring (bicyclic) bond motifs is 1. The van der Waals surface area contributed by atoms with Gasteiger partial charge in [0.1, 0.15) is 6.10 Å². The summed E-state index contributed by atoms with van der Waals surface area (Å²) in [6, 6.07) is 12.1. The second kappa shape index (κ2) is 6.07. The van der Waals surface area contributed by atoms with E-state index in [0.717, 1.165) is 0 Å². The lowest BCUT2D eigenvalue weighted by Crippen LogP contribution is -2.46. The van der Waals surface area contributed by atoms with Crippen LogP contribution in [0.25, 0.3) is 0 Å². The number of hydrogen-bond donors (Lipinski definition) is 1. The summed E-state index contributed by atoms with van der Waals surface area (Å²) in [4.78, 5) is 12.4. The van der Waals surface area contributed by atoms with E-state index in [4.69, 9.17) is 32.7 Å². The Kier molecular flexibility index (Phi) is 4.14. The first-order valence-corrected chi connectivity index (χ1v) is 7.48. The summed E-state index contributed by atoms with van der Waals surface area (Å²) in [7, 11) is 0. The van der Waals surface area contributed by atoms with Gasteiger partial charge in [-0.1, -0.05) is 35.3 Å². The Labute approximate surface area is 137 Å². The SMILES string of the molecule is CC1Oc2ccccc2OC1C(=O)Nc1ccc(Cl)cc1Cl. The normalized spacial score (nSPS) is 19.6. The van der Waals surface area contributed by atoms with Crippen molar-refractivity contribution < 1.29 is 14.3 Å². The molecule has 2 aromatic carbocycles. The summed E-state index contributed by atoms with van der Waals surface area (Å²) in [6.45, 7) is 1.78. The summed E-state index contributed by atoms with van der Waals surface area (Å²) in [5, 5.41) is 3.60. The fourth-order valence-corrected chi connectivity index (χ4v) is 2.66. The topological polar surface area (TPSA) is 47.6 Å². The molecule has 2 aromatic rings. The van der Waals surface area contributed by atoms with Crippen LogP contribution in [0, 0.1) is 0 Å². The minimum absolute atomic E-state index is 0.328. The molecule has 0 radical (unpaired) electrons. The molecule has 1 heterocycles. The van der Waals surface area contributed by atoms with E-state index in [0.29, 0.717) is 27.2 Å². The first kappa shape index (κ1) is 15.0. The van der Waals surface area contributed by atoms with Crippen molar-refractivity contribution >= 4 is 34.8 Å². The van der Waals surface area contributed by atoms with E-state index < -0.39 is 12.2 Å². The number of ether oxygens (including phenoxy) is 2. The summed E-state index contributed by atoms with van der Waals surface area (Å²) >= 11 is 11.9. The Morgan fingerprint density at radius 3 is 2.45 bits per heavy atom. The minimum atomic E-state index is -0.762. The molecule has 4 nitrogen and oxygen atoms in total. The number of anilines is 1. The molecule has 3 rings (SSSR count). The largest absolute Gasteiger partial charge is 0.482 e. The molecule has 1 N–H and O–H groups in total. The third kappa shape index (κ3) is 2.98. The van der Waals surface area contributed by atoms with Crippen LogP contribution in [-0.2, 0) is 4.79 Å². The van der Waals surface area contributed by atoms with Crippen molar-refractivity contribution in [2.75, 3.05) is 5.32 Å². The molecule has 1 aliphatic heterocycles. The predicted molar refractivity (Wildman–Crippen MR) is 86.0 cm³/mol. The van der Waals surface area contributed by atoms with Crippen molar-refractivity contribution in [2.24, 2.45) is 0 Å². The van der Waals surface area contributed by atoms with E-state index in [2.05, 4.69) is 5.32 Å². The number of para-hydroxylation sites is 2. The Bertz CT molecular complexity index is 720. The summed E-state index contributed by atoms with van der Waals surface area (Å²) in [5.41, 5.74) is 0.478. The van der Waals surface area contributed by atoms with Gasteiger partial charge in [0.05, 0.1) is 10.7 Å². The zero-order valence-corrected chi connectivity index (χ0v) is 13.2. The third-order valence-electron chi connectivity index (χ3n) is 3.29. The highest BCUT2D eigenvalue weighted by molar-refractivity contribution is 6.36.